The zero-order chi connectivity index (χ0) is 11.3. The van der Waals surface area contributed by atoms with E-state index in [1.165, 1.54) is 6.20 Å². The van der Waals surface area contributed by atoms with Crippen LogP contribution in [0.4, 0.5) is 0 Å². The molecule has 1 rings (SSSR count). The first-order chi connectivity index (χ1) is 7.17. The summed E-state index contributed by atoms with van der Waals surface area (Å²) in [5, 5.41) is 2.59. The second kappa shape index (κ2) is 4.96. The van der Waals surface area contributed by atoms with Crippen molar-refractivity contribution in [3.05, 3.63) is 28.4 Å². The van der Waals surface area contributed by atoms with Crippen LogP contribution >= 0.6 is 0 Å². The summed E-state index contributed by atoms with van der Waals surface area (Å²) >= 11 is 0. The molecule has 0 aromatic carbocycles. The van der Waals surface area contributed by atoms with Gasteiger partial charge in [0.2, 0.25) is 0 Å². The van der Waals surface area contributed by atoms with E-state index in [0.717, 1.165) is 6.20 Å². The number of aromatic nitrogens is 2. The molecule has 1 heterocycles. The van der Waals surface area contributed by atoms with E-state index in [9.17, 15) is 9.59 Å². The molecule has 0 aliphatic heterocycles. The molecule has 15 heavy (non-hydrogen) atoms. The lowest BCUT2D eigenvalue weighted by molar-refractivity contribution is 0.0939. The van der Waals surface area contributed by atoms with Gasteiger partial charge >= 0.3 is 0 Å². The highest BCUT2D eigenvalue weighted by Gasteiger charge is 2.10. The fourth-order valence-electron chi connectivity index (χ4n) is 0.960. The molecule has 1 aromatic rings. The summed E-state index contributed by atoms with van der Waals surface area (Å²) in [5.74, 6) is 2.04. The maximum Gasteiger partial charge on any atom is 0.272 e. The molecule has 5 heteroatoms. The molecule has 0 fully saturated rings. The molecule has 2 N–H and O–H groups in total. The Morgan fingerprint density at radius 3 is 3.00 bits per heavy atom. The van der Waals surface area contributed by atoms with Crippen molar-refractivity contribution in [2.45, 2.75) is 19.4 Å². The first-order valence-electron chi connectivity index (χ1n) is 4.49. The Morgan fingerprint density at radius 2 is 2.53 bits per heavy atom. The van der Waals surface area contributed by atoms with Gasteiger partial charge in [0.15, 0.2) is 0 Å². The zero-order valence-electron chi connectivity index (χ0n) is 8.28. The Bertz CT molecular complexity index is 424. The molecule has 5 nitrogen and oxygen atoms in total. The van der Waals surface area contributed by atoms with Gasteiger partial charge in [-0.3, -0.25) is 9.59 Å². The Hall–Kier alpha value is -2.09. The van der Waals surface area contributed by atoms with Crippen molar-refractivity contribution in [3.8, 4) is 12.3 Å². The van der Waals surface area contributed by atoms with Crippen molar-refractivity contribution in [2.24, 2.45) is 0 Å². The van der Waals surface area contributed by atoms with Crippen LogP contribution in [0.5, 0.6) is 0 Å². The lowest BCUT2D eigenvalue weighted by Crippen LogP contribution is -2.34. The number of H-pyrrole nitrogens is 1. The highest BCUT2D eigenvalue weighted by Crippen LogP contribution is 1.93. The Kier molecular flexibility index (Phi) is 3.63. The third-order valence-electron chi connectivity index (χ3n) is 1.82. The molecule has 0 saturated heterocycles. The predicted molar refractivity (Wildman–Crippen MR) is 55.2 cm³/mol. The number of nitrogens with one attached hydrogen (secondary N) is 2. The van der Waals surface area contributed by atoms with E-state index in [1.807, 2.05) is 6.92 Å². The quantitative estimate of drug-likeness (QED) is 0.677. The fraction of sp³-hybridized carbons (Fsp3) is 0.300. The molecule has 0 radical (unpaired) electrons. The van der Waals surface area contributed by atoms with Crippen LogP contribution in [-0.2, 0) is 0 Å². The number of rotatable bonds is 3. The number of terminal acetylenes is 1. The van der Waals surface area contributed by atoms with E-state index in [4.69, 9.17) is 6.42 Å². The first kappa shape index (κ1) is 11.0. The van der Waals surface area contributed by atoms with Crippen LogP contribution in [0.3, 0.4) is 0 Å². The summed E-state index contributed by atoms with van der Waals surface area (Å²) in [6.45, 7) is 1.87. The van der Waals surface area contributed by atoms with E-state index >= 15 is 0 Å². The van der Waals surface area contributed by atoms with Crippen LogP contribution < -0.4 is 10.9 Å². The van der Waals surface area contributed by atoms with E-state index in [1.54, 1.807) is 0 Å². The van der Waals surface area contributed by atoms with E-state index < -0.39 is 5.91 Å². The monoisotopic (exact) mass is 205 g/mol. The fourth-order valence-corrected chi connectivity index (χ4v) is 0.960. The number of amides is 1. The molecule has 1 aromatic heterocycles. The van der Waals surface area contributed by atoms with Crippen molar-refractivity contribution in [2.75, 3.05) is 0 Å². The van der Waals surface area contributed by atoms with Crippen molar-refractivity contribution in [1.82, 2.24) is 15.3 Å². The van der Waals surface area contributed by atoms with E-state index in [2.05, 4.69) is 21.2 Å². The lowest BCUT2D eigenvalue weighted by Gasteiger charge is -2.09. The van der Waals surface area contributed by atoms with Gasteiger partial charge in [-0.05, 0) is 6.42 Å². The van der Waals surface area contributed by atoms with Gasteiger partial charge in [0.25, 0.3) is 11.5 Å². The molecule has 1 amide bonds. The summed E-state index contributed by atoms with van der Waals surface area (Å²) in [6.07, 6.45) is 8.13. The second-order valence-electron chi connectivity index (χ2n) is 2.90. The van der Waals surface area contributed by atoms with Gasteiger partial charge in [0.05, 0.1) is 12.2 Å². The van der Waals surface area contributed by atoms with E-state index in [-0.39, 0.29) is 17.3 Å². The van der Waals surface area contributed by atoms with Crippen LogP contribution in [0.25, 0.3) is 0 Å². The van der Waals surface area contributed by atoms with Gasteiger partial charge in [-0.25, -0.2) is 4.98 Å². The average Bonchev–Trinajstić information content (AvgIpc) is 2.26. The number of aromatic amines is 1. The summed E-state index contributed by atoms with van der Waals surface area (Å²) in [7, 11) is 0. The molecule has 1 atom stereocenters. The number of hydrogen-bond donors (Lipinski definition) is 2. The highest BCUT2D eigenvalue weighted by atomic mass is 16.2. The number of carbonyl (C=O) groups excluding carboxylic acids is 1. The normalized spacial score (nSPS) is 11.5. The van der Waals surface area contributed by atoms with Crippen molar-refractivity contribution in [1.29, 1.82) is 0 Å². The lowest BCUT2D eigenvalue weighted by atomic mass is 10.2. The number of nitrogens with zero attached hydrogens (tertiary/aromatic N) is 1. The van der Waals surface area contributed by atoms with Crippen molar-refractivity contribution >= 4 is 5.91 Å². The van der Waals surface area contributed by atoms with Crippen molar-refractivity contribution in [3.63, 3.8) is 0 Å². The van der Waals surface area contributed by atoms with Crippen molar-refractivity contribution < 1.29 is 4.79 Å². The van der Waals surface area contributed by atoms with Crippen LogP contribution in [0, 0.1) is 12.3 Å². The predicted octanol–water partition coefficient (Wildman–Crippen LogP) is -0.0885. The highest BCUT2D eigenvalue weighted by molar-refractivity contribution is 5.92. The van der Waals surface area contributed by atoms with Crippen LogP contribution in [0.1, 0.15) is 23.8 Å². The molecular formula is C10H11N3O2. The summed E-state index contributed by atoms with van der Waals surface area (Å²) in [5.41, 5.74) is -0.209. The zero-order valence-corrected chi connectivity index (χ0v) is 8.28. The third kappa shape index (κ3) is 2.95. The van der Waals surface area contributed by atoms with Gasteiger partial charge in [-0.1, -0.05) is 12.8 Å². The molecular weight excluding hydrogens is 194 g/mol. The molecule has 0 saturated carbocycles. The largest absolute Gasteiger partial charge is 0.337 e. The van der Waals surface area contributed by atoms with Gasteiger partial charge in [-0.15, -0.1) is 6.42 Å². The van der Waals surface area contributed by atoms with Gasteiger partial charge in [-0.2, -0.15) is 0 Å². The topological polar surface area (TPSA) is 74.8 Å². The minimum absolute atomic E-state index is 0.142. The molecule has 1 unspecified atom stereocenters. The summed E-state index contributed by atoms with van der Waals surface area (Å²) in [6, 6.07) is -0.314. The minimum Gasteiger partial charge on any atom is -0.337 e. The van der Waals surface area contributed by atoms with Gasteiger partial charge in [0, 0.05) is 6.20 Å². The minimum atomic E-state index is -0.393. The Labute approximate surface area is 86.9 Å². The van der Waals surface area contributed by atoms with Crippen LogP contribution in [-0.4, -0.2) is 21.9 Å². The van der Waals surface area contributed by atoms with Crippen LogP contribution in [0.15, 0.2) is 17.2 Å². The first-order valence-corrected chi connectivity index (χ1v) is 4.49. The maximum absolute atomic E-state index is 11.5. The summed E-state index contributed by atoms with van der Waals surface area (Å²) in [4.78, 5) is 28.2. The smallest absolute Gasteiger partial charge is 0.272 e. The molecule has 0 spiro atoms. The average molecular weight is 205 g/mol. The number of carbonyl (C=O) groups is 1. The van der Waals surface area contributed by atoms with Gasteiger partial charge in [0.1, 0.15) is 5.69 Å². The molecule has 0 bridgehead atoms. The Morgan fingerprint density at radius 1 is 1.80 bits per heavy atom. The maximum atomic E-state index is 11.5. The summed E-state index contributed by atoms with van der Waals surface area (Å²) < 4.78 is 0. The SMILES string of the molecule is C#CC(CC)NC(=O)c1c[nH]c(=O)cn1. The number of hydrogen-bond acceptors (Lipinski definition) is 3. The molecule has 0 aliphatic carbocycles. The second-order valence-corrected chi connectivity index (χ2v) is 2.90. The van der Waals surface area contributed by atoms with Crippen LogP contribution in [0.2, 0.25) is 0 Å². The third-order valence-corrected chi connectivity index (χ3v) is 1.82. The van der Waals surface area contributed by atoms with E-state index in [0.29, 0.717) is 6.42 Å². The molecule has 0 aliphatic rings. The Balaban J connectivity index is 2.74. The van der Waals surface area contributed by atoms with Gasteiger partial charge < -0.3 is 10.3 Å². The molecule has 78 valence electrons. The standard InChI is InChI=1S/C10H11N3O2/c1-3-7(4-2)13-10(15)8-5-12-9(14)6-11-8/h1,5-7H,4H2,2H3,(H,12,14)(H,13,15).